The number of ether oxygens (including phenoxy) is 2. The van der Waals surface area contributed by atoms with E-state index >= 15 is 0 Å². The fourth-order valence-corrected chi connectivity index (χ4v) is 4.68. The van der Waals surface area contributed by atoms with Crippen molar-refractivity contribution in [3.63, 3.8) is 0 Å². The lowest BCUT2D eigenvalue weighted by Gasteiger charge is -2.26. The van der Waals surface area contributed by atoms with Gasteiger partial charge in [0.15, 0.2) is 11.6 Å². The molecule has 0 unspecified atom stereocenters. The first-order valence-electron chi connectivity index (χ1n) is 10.4. The Hall–Kier alpha value is -3.48. The molecule has 0 spiro atoms. The summed E-state index contributed by atoms with van der Waals surface area (Å²) in [4.78, 5) is 12.4. The van der Waals surface area contributed by atoms with Crippen LogP contribution in [0.4, 0.5) is 15.9 Å². The first kappa shape index (κ1) is 23.7. The van der Waals surface area contributed by atoms with Crippen molar-refractivity contribution in [1.82, 2.24) is 9.46 Å². The van der Waals surface area contributed by atoms with E-state index in [0.717, 1.165) is 0 Å². The number of hydrogen-bond donors (Lipinski definition) is 2. The quantitative estimate of drug-likeness (QED) is 0.494. The number of hydrogen-bond acceptors (Lipinski definition) is 8. The zero-order chi connectivity index (χ0) is 24.1. The van der Waals surface area contributed by atoms with Gasteiger partial charge in [-0.25, -0.2) is 12.8 Å². The van der Waals surface area contributed by atoms with E-state index in [4.69, 9.17) is 14.0 Å². The Morgan fingerprint density at radius 3 is 2.56 bits per heavy atom. The molecule has 1 aliphatic heterocycles. The number of nitrogens with one attached hydrogen (secondary N) is 2. The molecule has 12 heteroatoms. The topological polar surface area (TPSA) is 123 Å². The van der Waals surface area contributed by atoms with Crippen LogP contribution in [-0.2, 0) is 19.6 Å². The Balaban J connectivity index is 1.57. The molecular weight excluding hydrogens is 467 g/mol. The van der Waals surface area contributed by atoms with Crippen LogP contribution in [0, 0.1) is 12.7 Å². The zero-order valence-corrected chi connectivity index (χ0v) is 19.1. The Morgan fingerprint density at radius 1 is 1.15 bits per heavy atom. The number of carbonyl (C=O) groups is 1. The highest BCUT2D eigenvalue weighted by molar-refractivity contribution is 7.89. The number of anilines is 2. The third-order valence-corrected chi connectivity index (χ3v) is 6.83. The summed E-state index contributed by atoms with van der Waals surface area (Å²) in [6, 6.07) is 11.2. The van der Waals surface area contributed by atoms with Gasteiger partial charge in [0.25, 0.3) is 0 Å². The lowest BCUT2D eigenvalue weighted by atomic mass is 10.2. The van der Waals surface area contributed by atoms with Gasteiger partial charge < -0.3 is 24.6 Å². The summed E-state index contributed by atoms with van der Waals surface area (Å²) >= 11 is 0. The van der Waals surface area contributed by atoms with Gasteiger partial charge >= 0.3 is 0 Å². The minimum absolute atomic E-state index is 0.0379. The predicted molar refractivity (Wildman–Crippen MR) is 121 cm³/mol. The van der Waals surface area contributed by atoms with E-state index in [0.29, 0.717) is 24.7 Å². The van der Waals surface area contributed by atoms with Crippen molar-refractivity contribution in [3.05, 3.63) is 60.1 Å². The van der Waals surface area contributed by atoms with E-state index < -0.39 is 21.7 Å². The van der Waals surface area contributed by atoms with E-state index in [2.05, 4.69) is 15.8 Å². The van der Waals surface area contributed by atoms with Gasteiger partial charge in [0.1, 0.15) is 17.3 Å². The fourth-order valence-electron chi connectivity index (χ4n) is 3.25. The number of halogens is 1. The third-order valence-electron chi connectivity index (χ3n) is 4.94. The van der Waals surface area contributed by atoms with Crippen LogP contribution in [0.15, 0.2) is 57.9 Å². The molecule has 3 aromatic rings. The van der Waals surface area contributed by atoms with Crippen molar-refractivity contribution in [2.75, 3.05) is 43.5 Å². The van der Waals surface area contributed by atoms with Gasteiger partial charge in [-0.05, 0) is 49.4 Å². The van der Waals surface area contributed by atoms with Crippen LogP contribution in [0.1, 0.15) is 5.76 Å². The van der Waals surface area contributed by atoms with E-state index in [1.54, 1.807) is 13.0 Å². The maximum atomic E-state index is 13.3. The van der Waals surface area contributed by atoms with Gasteiger partial charge in [0.05, 0.1) is 30.3 Å². The Labute approximate surface area is 195 Å². The molecule has 1 aliphatic rings. The molecular formula is C22H23FN4O6S. The number of rotatable bonds is 8. The summed E-state index contributed by atoms with van der Waals surface area (Å²) in [7, 11) is -3.78. The molecule has 1 saturated heterocycles. The Bertz CT molecular complexity index is 1260. The summed E-state index contributed by atoms with van der Waals surface area (Å²) in [6.07, 6.45) is 0. The average Bonchev–Trinajstić information content (AvgIpc) is 3.24. The Morgan fingerprint density at radius 2 is 1.88 bits per heavy atom. The van der Waals surface area contributed by atoms with Gasteiger partial charge in [-0.2, -0.15) is 4.31 Å². The largest absolute Gasteiger partial charge is 0.455 e. The van der Waals surface area contributed by atoms with Gasteiger partial charge in [-0.1, -0.05) is 5.16 Å². The second kappa shape index (κ2) is 10.2. The molecule has 0 bridgehead atoms. The number of sulfonamides is 1. The molecule has 0 atom stereocenters. The number of nitrogens with zero attached hydrogens (tertiary/aromatic N) is 2. The van der Waals surface area contributed by atoms with Gasteiger partial charge in [-0.15, -0.1) is 0 Å². The third kappa shape index (κ3) is 5.71. The molecule has 0 saturated carbocycles. The number of carbonyl (C=O) groups excluding carboxylic acids is 1. The predicted octanol–water partition coefficient (Wildman–Crippen LogP) is 2.99. The van der Waals surface area contributed by atoms with Gasteiger partial charge in [0, 0.05) is 19.2 Å². The molecule has 0 radical (unpaired) electrons. The number of benzene rings is 2. The molecule has 1 fully saturated rings. The molecule has 180 valence electrons. The lowest BCUT2D eigenvalue weighted by molar-refractivity contribution is -0.114. The van der Waals surface area contributed by atoms with Crippen LogP contribution >= 0.6 is 0 Å². The average molecular weight is 491 g/mol. The highest BCUT2D eigenvalue weighted by Crippen LogP contribution is 2.33. The molecule has 10 nitrogen and oxygen atoms in total. The fraction of sp³-hybridized carbons (Fsp3) is 0.273. The smallest absolute Gasteiger partial charge is 0.244 e. The maximum Gasteiger partial charge on any atom is 0.244 e. The molecule has 1 amide bonds. The minimum atomic E-state index is -3.78. The van der Waals surface area contributed by atoms with Gasteiger partial charge in [-0.3, -0.25) is 4.79 Å². The van der Waals surface area contributed by atoms with Crippen LogP contribution in [0.2, 0.25) is 0 Å². The number of amides is 1. The second-order valence-corrected chi connectivity index (χ2v) is 9.39. The highest BCUT2D eigenvalue weighted by atomic mass is 32.2. The maximum absolute atomic E-state index is 13.3. The second-order valence-electron chi connectivity index (χ2n) is 7.45. The minimum Gasteiger partial charge on any atom is -0.455 e. The molecule has 34 heavy (non-hydrogen) atoms. The molecule has 2 N–H and O–H groups in total. The first-order chi connectivity index (χ1) is 16.3. The van der Waals surface area contributed by atoms with Crippen molar-refractivity contribution < 1.29 is 31.6 Å². The summed E-state index contributed by atoms with van der Waals surface area (Å²) < 4.78 is 56.8. The normalized spacial score (nSPS) is 14.5. The monoisotopic (exact) mass is 490 g/mol. The summed E-state index contributed by atoms with van der Waals surface area (Å²) in [5.41, 5.74) is 0.269. The highest BCUT2D eigenvalue weighted by Gasteiger charge is 2.27. The van der Waals surface area contributed by atoms with Crippen LogP contribution in [0.3, 0.4) is 0 Å². The van der Waals surface area contributed by atoms with Crippen LogP contribution < -0.4 is 15.4 Å². The van der Waals surface area contributed by atoms with Crippen molar-refractivity contribution in [3.8, 4) is 11.5 Å². The standard InChI is InChI=1S/C22H23FN4O6S/c1-15-12-21(26-33-15)25-22(28)14-24-19-13-18(34(29,30)27-8-10-31-11-9-27)6-7-20(19)32-17-4-2-16(23)3-5-17/h2-7,12-13,24H,8-11,14H2,1H3,(H,25,26,28). The molecule has 4 rings (SSSR count). The van der Waals surface area contributed by atoms with Crippen LogP contribution in [0.5, 0.6) is 11.5 Å². The molecule has 0 aliphatic carbocycles. The summed E-state index contributed by atoms with van der Waals surface area (Å²) in [6.45, 7) is 2.62. The molecule has 1 aromatic heterocycles. The van der Waals surface area contributed by atoms with E-state index in [9.17, 15) is 17.6 Å². The number of aromatic nitrogens is 1. The van der Waals surface area contributed by atoms with Crippen LogP contribution in [-0.4, -0.2) is 56.6 Å². The zero-order valence-electron chi connectivity index (χ0n) is 18.3. The first-order valence-corrected chi connectivity index (χ1v) is 11.9. The van der Waals surface area contributed by atoms with Crippen molar-refractivity contribution in [2.24, 2.45) is 0 Å². The van der Waals surface area contributed by atoms with Crippen LogP contribution in [0.25, 0.3) is 0 Å². The summed E-state index contributed by atoms with van der Waals surface area (Å²) in [5.74, 6) is 0.559. The van der Waals surface area contributed by atoms with E-state index in [1.807, 2.05) is 0 Å². The van der Waals surface area contributed by atoms with E-state index in [1.165, 1.54) is 46.8 Å². The SMILES string of the molecule is Cc1cc(NC(=O)CNc2cc(S(=O)(=O)N3CCOCC3)ccc2Oc2ccc(F)cc2)no1. The number of morpholine rings is 1. The Kier molecular flexibility index (Phi) is 7.10. The molecule has 2 heterocycles. The number of aryl methyl sites for hydroxylation is 1. The van der Waals surface area contributed by atoms with E-state index in [-0.39, 0.29) is 41.8 Å². The van der Waals surface area contributed by atoms with Crippen molar-refractivity contribution >= 4 is 27.4 Å². The van der Waals surface area contributed by atoms with Crippen molar-refractivity contribution in [1.29, 1.82) is 0 Å². The summed E-state index contributed by atoms with van der Waals surface area (Å²) in [5, 5.41) is 9.19. The van der Waals surface area contributed by atoms with Crippen molar-refractivity contribution in [2.45, 2.75) is 11.8 Å². The lowest BCUT2D eigenvalue weighted by Crippen LogP contribution is -2.40. The van der Waals surface area contributed by atoms with Gasteiger partial charge in [0.2, 0.25) is 15.9 Å². The molecule has 2 aromatic carbocycles.